The molecule has 0 radical (unpaired) electrons. The van der Waals surface area contributed by atoms with E-state index in [1.807, 2.05) is 0 Å². The van der Waals surface area contributed by atoms with Gasteiger partial charge in [-0.2, -0.15) is 0 Å². The SMILES string of the molecule is CN(CC(=O)Nc1cccc(Cl)c1)C(=O)CCc1ncc(-c2ccc(Cl)cc2Cl)o1. The van der Waals surface area contributed by atoms with Crippen LogP contribution < -0.4 is 5.32 Å². The van der Waals surface area contributed by atoms with Crippen molar-refractivity contribution in [2.75, 3.05) is 18.9 Å². The lowest BCUT2D eigenvalue weighted by molar-refractivity contribution is -0.133. The number of oxazole rings is 1. The summed E-state index contributed by atoms with van der Waals surface area (Å²) in [7, 11) is 1.56. The molecule has 0 saturated carbocycles. The summed E-state index contributed by atoms with van der Waals surface area (Å²) in [5, 5.41) is 4.19. The maximum absolute atomic E-state index is 12.3. The van der Waals surface area contributed by atoms with Crippen LogP contribution in [0.2, 0.25) is 15.1 Å². The number of hydrogen-bond donors (Lipinski definition) is 1. The van der Waals surface area contributed by atoms with E-state index in [9.17, 15) is 9.59 Å². The molecule has 0 bridgehead atoms. The van der Waals surface area contributed by atoms with E-state index in [2.05, 4.69) is 10.3 Å². The molecule has 0 unspecified atom stereocenters. The number of halogens is 3. The molecular formula is C21H18Cl3N3O3. The Kier molecular flexibility index (Phi) is 7.37. The highest BCUT2D eigenvalue weighted by molar-refractivity contribution is 6.36. The average Bonchev–Trinajstić information content (AvgIpc) is 3.14. The summed E-state index contributed by atoms with van der Waals surface area (Å²) in [6, 6.07) is 11.9. The van der Waals surface area contributed by atoms with Crippen LogP contribution in [0.4, 0.5) is 5.69 Å². The van der Waals surface area contributed by atoms with Gasteiger partial charge in [0, 0.05) is 41.2 Å². The Bertz CT molecular complexity index is 1070. The van der Waals surface area contributed by atoms with E-state index in [0.717, 1.165) is 0 Å². The molecule has 3 rings (SSSR count). The smallest absolute Gasteiger partial charge is 0.243 e. The van der Waals surface area contributed by atoms with Crippen molar-refractivity contribution in [2.45, 2.75) is 12.8 Å². The van der Waals surface area contributed by atoms with Crippen LogP contribution in [0.15, 0.2) is 53.1 Å². The van der Waals surface area contributed by atoms with Crippen LogP contribution in [0.5, 0.6) is 0 Å². The van der Waals surface area contributed by atoms with Gasteiger partial charge in [0.1, 0.15) is 0 Å². The molecule has 0 aliphatic heterocycles. The van der Waals surface area contributed by atoms with Gasteiger partial charge in [0.25, 0.3) is 0 Å². The fourth-order valence-corrected chi connectivity index (χ4v) is 3.41. The predicted molar refractivity (Wildman–Crippen MR) is 118 cm³/mol. The Labute approximate surface area is 188 Å². The third-order valence-corrected chi connectivity index (χ3v) is 5.00. The van der Waals surface area contributed by atoms with E-state index in [1.165, 1.54) is 4.90 Å². The van der Waals surface area contributed by atoms with Crippen LogP contribution in [0, 0.1) is 0 Å². The van der Waals surface area contributed by atoms with E-state index in [0.29, 0.717) is 44.4 Å². The predicted octanol–water partition coefficient (Wildman–Crippen LogP) is 5.33. The lowest BCUT2D eigenvalue weighted by Gasteiger charge is -2.16. The number of aromatic nitrogens is 1. The number of hydrogen-bond acceptors (Lipinski definition) is 4. The number of carbonyl (C=O) groups excluding carboxylic acids is 2. The van der Waals surface area contributed by atoms with Crippen LogP contribution in [-0.4, -0.2) is 35.3 Å². The summed E-state index contributed by atoms with van der Waals surface area (Å²) in [6.45, 7) is -0.0808. The maximum Gasteiger partial charge on any atom is 0.243 e. The third-order valence-electron chi connectivity index (χ3n) is 4.22. The van der Waals surface area contributed by atoms with Crippen molar-refractivity contribution in [3.63, 3.8) is 0 Å². The second kappa shape index (κ2) is 9.98. The van der Waals surface area contributed by atoms with E-state index in [4.69, 9.17) is 39.2 Å². The van der Waals surface area contributed by atoms with E-state index in [-0.39, 0.29) is 24.8 Å². The monoisotopic (exact) mass is 465 g/mol. The van der Waals surface area contributed by atoms with Gasteiger partial charge in [-0.05, 0) is 36.4 Å². The van der Waals surface area contributed by atoms with Crippen LogP contribution in [-0.2, 0) is 16.0 Å². The first-order valence-electron chi connectivity index (χ1n) is 9.01. The number of anilines is 1. The molecule has 0 aliphatic rings. The summed E-state index contributed by atoms with van der Waals surface area (Å²) in [5.41, 5.74) is 1.24. The molecule has 1 aromatic heterocycles. The summed E-state index contributed by atoms with van der Waals surface area (Å²) in [6.07, 6.45) is 2.00. The van der Waals surface area contributed by atoms with Gasteiger partial charge in [-0.3, -0.25) is 9.59 Å². The highest BCUT2D eigenvalue weighted by atomic mass is 35.5. The lowest BCUT2D eigenvalue weighted by atomic mass is 10.2. The van der Waals surface area contributed by atoms with Crippen molar-refractivity contribution in [3.8, 4) is 11.3 Å². The molecule has 30 heavy (non-hydrogen) atoms. The van der Waals surface area contributed by atoms with Crippen molar-refractivity contribution in [1.82, 2.24) is 9.88 Å². The highest BCUT2D eigenvalue weighted by Crippen LogP contribution is 2.30. The van der Waals surface area contributed by atoms with Crippen LogP contribution in [0.25, 0.3) is 11.3 Å². The first-order valence-corrected chi connectivity index (χ1v) is 10.1. The van der Waals surface area contributed by atoms with Gasteiger partial charge < -0.3 is 14.6 Å². The van der Waals surface area contributed by atoms with Crippen LogP contribution in [0.1, 0.15) is 12.3 Å². The Hall–Kier alpha value is -2.54. The number of amides is 2. The molecule has 1 N–H and O–H groups in total. The molecule has 0 spiro atoms. The lowest BCUT2D eigenvalue weighted by Crippen LogP contribution is -2.35. The Morgan fingerprint density at radius 2 is 1.87 bits per heavy atom. The first-order chi connectivity index (χ1) is 14.3. The van der Waals surface area contributed by atoms with Gasteiger partial charge in [-0.15, -0.1) is 0 Å². The van der Waals surface area contributed by atoms with Crippen molar-refractivity contribution < 1.29 is 14.0 Å². The number of aryl methyl sites for hydroxylation is 1. The standard InChI is InChI=1S/C21H18Cl3N3O3/c1-27(12-19(28)26-15-4-2-3-13(22)9-15)21(29)8-7-20-25-11-18(30-20)16-6-5-14(23)10-17(16)24/h2-6,9-11H,7-8,12H2,1H3,(H,26,28). The van der Waals surface area contributed by atoms with Crippen molar-refractivity contribution >= 4 is 52.3 Å². The van der Waals surface area contributed by atoms with E-state index < -0.39 is 0 Å². The first kappa shape index (κ1) is 22.2. The summed E-state index contributed by atoms with van der Waals surface area (Å²) in [4.78, 5) is 30.0. The number of likely N-dealkylation sites (N-methyl/N-ethyl adjacent to an activating group) is 1. The molecule has 2 aromatic carbocycles. The third kappa shape index (κ3) is 5.98. The fraction of sp³-hybridized carbons (Fsp3) is 0.190. The largest absolute Gasteiger partial charge is 0.441 e. The number of rotatable bonds is 7. The molecule has 1 heterocycles. The summed E-state index contributed by atoms with van der Waals surface area (Å²) >= 11 is 18.0. The molecule has 156 valence electrons. The van der Waals surface area contributed by atoms with Crippen molar-refractivity contribution in [1.29, 1.82) is 0 Å². The summed E-state index contributed by atoms with van der Waals surface area (Å²) in [5.74, 6) is 0.374. The second-order valence-corrected chi connectivity index (χ2v) is 7.83. The van der Waals surface area contributed by atoms with Gasteiger partial charge >= 0.3 is 0 Å². The minimum atomic E-state index is -0.316. The van der Waals surface area contributed by atoms with Gasteiger partial charge in [0.15, 0.2) is 11.7 Å². The number of benzene rings is 2. The molecule has 0 atom stereocenters. The van der Waals surface area contributed by atoms with Crippen molar-refractivity contribution in [2.24, 2.45) is 0 Å². The van der Waals surface area contributed by atoms with Gasteiger partial charge in [-0.1, -0.05) is 40.9 Å². The number of carbonyl (C=O) groups is 2. The van der Waals surface area contributed by atoms with Crippen molar-refractivity contribution in [3.05, 3.63) is 69.6 Å². The van der Waals surface area contributed by atoms with E-state index >= 15 is 0 Å². The minimum absolute atomic E-state index is 0.0808. The number of nitrogens with zero attached hydrogens (tertiary/aromatic N) is 2. The average molecular weight is 467 g/mol. The van der Waals surface area contributed by atoms with E-state index in [1.54, 1.807) is 55.7 Å². The summed E-state index contributed by atoms with van der Waals surface area (Å²) < 4.78 is 5.69. The molecular weight excluding hydrogens is 449 g/mol. The normalized spacial score (nSPS) is 10.7. The zero-order valence-corrected chi connectivity index (χ0v) is 18.3. The fourth-order valence-electron chi connectivity index (χ4n) is 2.71. The zero-order chi connectivity index (χ0) is 21.7. The molecule has 0 aliphatic carbocycles. The Balaban J connectivity index is 1.51. The Morgan fingerprint density at radius 1 is 1.10 bits per heavy atom. The zero-order valence-electron chi connectivity index (χ0n) is 16.0. The van der Waals surface area contributed by atoms with Crippen LogP contribution in [0.3, 0.4) is 0 Å². The molecule has 2 amide bonds. The van der Waals surface area contributed by atoms with Gasteiger partial charge in [0.05, 0.1) is 17.8 Å². The molecule has 3 aromatic rings. The molecule has 0 fully saturated rings. The van der Waals surface area contributed by atoms with Gasteiger partial charge in [-0.25, -0.2) is 4.98 Å². The van der Waals surface area contributed by atoms with Crippen LogP contribution >= 0.6 is 34.8 Å². The number of nitrogens with one attached hydrogen (secondary N) is 1. The topological polar surface area (TPSA) is 75.4 Å². The molecule has 6 nitrogen and oxygen atoms in total. The minimum Gasteiger partial charge on any atom is -0.441 e. The van der Waals surface area contributed by atoms with Gasteiger partial charge in [0.2, 0.25) is 11.8 Å². The Morgan fingerprint density at radius 3 is 2.60 bits per heavy atom. The maximum atomic E-state index is 12.3. The molecule has 0 saturated heterocycles. The molecule has 9 heteroatoms. The second-order valence-electron chi connectivity index (χ2n) is 6.55. The quantitative estimate of drug-likeness (QED) is 0.510. The highest BCUT2D eigenvalue weighted by Gasteiger charge is 2.16.